The molecule has 2 unspecified atom stereocenters. The first-order valence-electron chi connectivity index (χ1n) is 7.87. The van der Waals surface area contributed by atoms with Crippen molar-refractivity contribution in [3.63, 3.8) is 0 Å². The van der Waals surface area contributed by atoms with E-state index in [0.717, 1.165) is 25.2 Å². The first kappa shape index (κ1) is 13.0. The van der Waals surface area contributed by atoms with Crippen molar-refractivity contribution < 1.29 is 9.53 Å². The quantitative estimate of drug-likeness (QED) is 0.864. The van der Waals surface area contributed by atoms with Gasteiger partial charge in [0.2, 0.25) is 0 Å². The Labute approximate surface area is 124 Å². The van der Waals surface area contributed by atoms with Gasteiger partial charge in [0.05, 0.1) is 11.3 Å². The number of carbonyl (C=O) groups excluding carboxylic acids is 1. The van der Waals surface area contributed by atoms with Crippen molar-refractivity contribution in [2.45, 2.75) is 31.3 Å². The van der Waals surface area contributed by atoms with Crippen molar-refractivity contribution in [3.05, 3.63) is 23.8 Å². The van der Waals surface area contributed by atoms with Crippen LogP contribution in [-0.2, 0) is 0 Å². The van der Waals surface area contributed by atoms with Crippen LogP contribution in [0.25, 0.3) is 0 Å². The Bertz CT molecular complexity index is 560. The number of benzene rings is 1. The number of para-hydroxylation sites is 1. The number of nitrogens with zero attached hydrogens (tertiary/aromatic N) is 1. The standard InChI is InChI=1S/C16H21N3O2/c20-16(18-12-6-9-19-8-2-5-14(12)19)11-3-1-4-13-15(11)21-10-7-17-13/h1,3-4,12,14,17H,2,5-10H2,(H,18,20). The van der Waals surface area contributed by atoms with Gasteiger partial charge in [-0.2, -0.15) is 0 Å². The zero-order chi connectivity index (χ0) is 14.2. The Morgan fingerprint density at radius 1 is 1.33 bits per heavy atom. The molecule has 2 N–H and O–H groups in total. The zero-order valence-electron chi connectivity index (χ0n) is 12.1. The van der Waals surface area contributed by atoms with Gasteiger partial charge in [0.25, 0.3) is 5.91 Å². The lowest BCUT2D eigenvalue weighted by atomic mass is 10.1. The summed E-state index contributed by atoms with van der Waals surface area (Å²) < 4.78 is 5.69. The molecular formula is C16H21N3O2. The number of anilines is 1. The van der Waals surface area contributed by atoms with E-state index in [1.807, 2.05) is 18.2 Å². The van der Waals surface area contributed by atoms with Crippen LogP contribution in [0.3, 0.4) is 0 Å². The summed E-state index contributed by atoms with van der Waals surface area (Å²) in [5.74, 6) is 0.692. The third-order valence-electron chi connectivity index (χ3n) is 4.85. The molecule has 0 aliphatic carbocycles. The fourth-order valence-corrected chi connectivity index (χ4v) is 3.85. The third kappa shape index (κ3) is 2.25. The van der Waals surface area contributed by atoms with Gasteiger partial charge in [-0.1, -0.05) is 6.07 Å². The number of amides is 1. The van der Waals surface area contributed by atoms with Gasteiger partial charge < -0.3 is 15.4 Å². The van der Waals surface area contributed by atoms with Crippen molar-refractivity contribution in [3.8, 4) is 5.75 Å². The molecule has 2 fully saturated rings. The maximum Gasteiger partial charge on any atom is 0.255 e. The minimum atomic E-state index is -0.00528. The highest BCUT2D eigenvalue weighted by atomic mass is 16.5. The van der Waals surface area contributed by atoms with E-state index in [4.69, 9.17) is 4.74 Å². The van der Waals surface area contributed by atoms with E-state index in [1.165, 1.54) is 19.4 Å². The van der Waals surface area contributed by atoms with Crippen molar-refractivity contribution in [1.82, 2.24) is 10.2 Å². The summed E-state index contributed by atoms with van der Waals surface area (Å²) in [4.78, 5) is 15.1. The third-order valence-corrected chi connectivity index (χ3v) is 4.85. The van der Waals surface area contributed by atoms with Crippen LogP contribution in [0.15, 0.2) is 18.2 Å². The molecule has 3 aliphatic heterocycles. The number of rotatable bonds is 2. The summed E-state index contributed by atoms with van der Waals surface area (Å²) in [6, 6.07) is 6.54. The Morgan fingerprint density at radius 3 is 3.24 bits per heavy atom. The molecule has 21 heavy (non-hydrogen) atoms. The topological polar surface area (TPSA) is 53.6 Å². The number of hydrogen-bond acceptors (Lipinski definition) is 4. The lowest BCUT2D eigenvalue weighted by molar-refractivity contribution is 0.0925. The monoisotopic (exact) mass is 287 g/mol. The second-order valence-electron chi connectivity index (χ2n) is 6.07. The molecule has 2 saturated heterocycles. The van der Waals surface area contributed by atoms with Gasteiger partial charge in [-0.05, 0) is 37.9 Å². The molecule has 1 amide bonds. The first-order valence-corrected chi connectivity index (χ1v) is 7.87. The molecule has 1 aromatic rings. The zero-order valence-corrected chi connectivity index (χ0v) is 12.1. The molecule has 2 atom stereocenters. The second-order valence-corrected chi connectivity index (χ2v) is 6.07. The van der Waals surface area contributed by atoms with Crippen molar-refractivity contribution in [2.75, 3.05) is 31.6 Å². The Kier molecular flexibility index (Phi) is 3.22. The van der Waals surface area contributed by atoms with Crippen LogP contribution in [0.5, 0.6) is 5.75 Å². The van der Waals surface area contributed by atoms with Gasteiger partial charge >= 0.3 is 0 Å². The van der Waals surface area contributed by atoms with Crippen LogP contribution in [0.4, 0.5) is 5.69 Å². The van der Waals surface area contributed by atoms with Crippen molar-refractivity contribution in [1.29, 1.82) is 0 Å². The summed E-state index contributed by atoms with van der Waals surface area (Å²) in [6.07, 6.45) is 3.52. The Morgan fingerprint density at radius 2 is 2.29 bits per heavy atom. The van der Waals surface area contributed by atoms with Gasteiger partial charge in [-0.3, -0.25) is 9.69 Å². The van der Waals surface area contributed by atoms with Crippen LogP contribution < -0.4 is 15.4 Å². The summed E-state index contributed by atoms with van der Waals surface area (Å²) in [5.41, 5.74) is 1.57. The Balaban J connectivity index is 1.53. The Hall–Kier alpha value is -1.75. The maximum atomic E-state index is 12.6. The number of nitrogens with one attached hydrogen (secondary N) is 2. The average Bonchev–Trinajstić information content (AvgIpc) is 3.12. The first-order chi connectivity index (χ1) is 10.3. The predicted molar refractivity (Wildman–Crippen MR) is 80.9 cm³/mol. The summed E-state index contributed by atoms with van der Waals surface area (Å²) in [5, 5.41) is 6.50. The van der Waals surface area contributed by atoms with Gasteiger partial charge in [0, 0.05) is 25.2 Å². The molecule has 0 spiro atoms. The van der Waals surface area contributed by atoms with Crippen LogP contribution in [0.2, 0.25) is 0 Å². The largest absolute Gasteiger partial charge is 0.489 e. The van der Waals surface area contributed by atoms with Gasteiger partial charge in [0.15, 0.2) is 5.75 Å². The normalized spacial score (nSPS) is 27.4. The van der Waals surface area contributed by atoms with Gasteiger partial charge in [-0.25, -0.2) is 0 Å². The lowest BCUT2D eigenvalue weighted by Gasteiger charge is -2.24. The molecular weight excluding hydrogens is 266 g/mol. The molecule has 0 radical (unpaired) electrons. The highest BCUT2D eigenvalue weighted by molar-refractivity contribution is 5.99. The summed E-state index contributed by atoms with van der Waals surface area (Å²) in [6.45, 7) is 3.69. The van der Waals surface area contributed by atoms with Gasteiger partial charge in [-0.15, -0.1) is 0 Å². The van der Waals surface area contributed by atoms with E-state index >= 15 is 0 Å². The highest BCUT2D eigenvalue weighted by Crippen LogP contribution is 2.32. The molecule has 3 heterocycles. The van der Waals surface area contributed by atoms with E-state index < -0.39 is 0 Å². The minimum absolute atomic E-state index is 0.00528. The molecule has 0 saturated carbocycles. The fourth-order valence-electron chi connectivity index (χ4n) is 3.85. The SMILES string of the molecule is O=C(NC1CCN2CCCC12)c1cccc2c1OCCN2. The second kappa shape index (κ2) is 5.22. The van der Waals surface area contributed by atoms with E-state index in [2.05, 4.69) is 15.5 Å². The fraction of sp³-hybridized carbons (Fsp3) is 0.562. The summed E-state index contributed by atoms with van der Waals surface area (Å²) in [7, 11) is 0. The van der Waals surface area contributed by atoms with E-state index in [0.29, 0.717) is 24.0 Å². The maximum absolute atomic E-state index is 12.6. The minimum Gasteiger partial charge on any atom is -0.489 e. The predicted octanol–water partition coefficient (Wildman–Crippen LogP) is 1.46. The number of hydrogen-bond donors (Lipinski definition) is 2. The molecule has 4 rings (SSSR count). The van der Waals surface area contributed by atoms with Crippen molar-refractivity contribution in [2.24, 2.45) is 0 Å². The van der Waals surface area contributed by atoms with Gasteiger partial charge in [0.1, 0.15) is 6.61 Å². The van der Waals surface area contributed by atoms with E-state index in [1.54, 1.807) is 0 Å². The number of fused-ring (bicyclic) bond motifs is 2. The molecule has 1 aromatic carbocycles. The van der Waals surface area contributed by atoms with Crippen LogP contribution >= 0.6 is 0 Å². The molecule has 5 nitrogen and oxygen atoms in total. The smallest absolute Gasteiger partial charge is 0.255 e. The van der Waals surface area contributed by atoms with Crippen molar-refractivity contribution >= 4 is 11.6 Å². The molecule has 0 aromatic heterocycles. The lowest BCUT2D eigenvalue weighted by Crippen LogP contribution is -2.42. The molecule has 112 valence electrons. The van der Waals surface area contributed by atoms with Crippen LogP contribution in [0, 0.1) is 0 Å². The molecule has 5 heteroatoms. The highest BCUT2D eigenvalue weighted by Gasteiger charge is 2.38. The summed E-state index contributed by atoms with van der Waals surface area (Å²) >= 11 is 0. The van der Waals surface area contributed by atoms with Crippen LogP contribution in [-0.4, -0.2) is 49.1 Å². The average molecular weight is 287 g/mol. The van der Waals surface area contributed by atoms with Crippen LogP contribution in [0.1, 0.15) is 29.6 Å². The van der Waals surface area contributed by atoms with E-state index in [9.17, 15) is 4.79 Å². The number of ether oxygens (including phenoxy) is 1. The molecule has 3 aliphatic rings. The molecule has 0 bridgehead atoms. The van der Waals surface area contributed by atoms with E-state index in [-0.39, 0.29) is 11.9 Å². The number of carbonyl (C=O) groups is 1.